The molecule has 2 heterocycles. The lowest BCUT2D eigenvalue weighted by Gasteiger charge is -2.26. The van der Waals surface area contributed by atoms with E-state index in [0.29, 0.717) is 48.2 Å². The normalized spacial score (nSPS) is 14.9. The molecule has 1 aliphatic rings. The van der Waals surface area contributed by atoms with Crippen molar-refractivity contribution in [1.82, 2.24) is 4.57 Å². The Balaban J connectivity index is 1.86. The Morgan fingerprint density at radius 2 is 1.82 bits per heavy atom. The van der Waals surface area contributed by atoms with Crippen molar-refractivity contribution in [2.45, 2.75) is 13.0 Å². The molecular formula is C30H25ClN2O6S. The Bertz CT molecular complexity index is 1810. The zero-order valence-corrected chi connectivity index (χ0v) is 23.5. The van der Waals surface area contributed by atoms with Crippen molar-refractivity contribution >= 4 is 40.7 Å². The van der Waals surface area contributed by atoms with Crippen LogP contribution in [0.1, 0.15) is 29.7 Å². The summed E-state index contributed by atoms with van der Waals surface area (Å²) in [5.41, 5.74) is 1.90. The monoisotopic (exact) mass is 576 g/mol. The number of benzene rings is 3. The van der Waals surface area contributed by atoms with Crippen molar-refractivity contribution in [1.29, 1.82) is 0 Å². The van der Waals surface area contributed by atoms with Gasteiger partial charge in [0.05, 0.1) is 42.7 Å². The van der Waals surface area contributed by atoms with Crippen LogP contribution in [0.4, 0.5) is 0 Å². The van der Waals surface area contributed by atoms with E-state index in [1.165, 1.54) is 24.9 Å². The number of fused-ring (bicyclic) bond motifs is 1. The number of thiazole rings is 1. The lowest BCUT2D eigenvalue weighted by Crippen LogP contribution is -2.40. The van der Waals surface area contributed by atoms with Crippen molar-refractivity contribution in [2.24, 2.45) is 4.99 Å². The number of esters is 1. The molecule has 0 fully saturated rings. The summed E-state index contributed by atoms with van der Waals surface area (Å²) in [4.78, 5) is 32.8. The van der Waals surface area contributed by atoms with E-state index < -0.39 is 17.6 Å². The molecule has 1 aliphatic heterocycles. The topological polar surface area (TPSA) is 99.4 Å². The third-order valence-corrected chi connectivity index (χ3v) is 7.59. The standard InChI is InChI=1S/C30H25ClN2O6S/c1-4-39-29(36)25-26(17-8-6-5-7-9-17)32-30-33(27(25)18-10-13-22(37-2)23(15-18)38-3)28(35)24(40-30)16-19-14-20(31)11-12-21(19)34/h5-16,27,34H,4H2,1-3H3/b24-16-/t27-/m0/s1. The summed E-state index contributed by atoms with van der Waals surface area (Å²) >= 11 is 7.29. The number of hydrogen-bond donors (Lipinski definition) is 1. The number of methoxy groups -OCH3 is 2. The van der Waals surface area contributed by atoms with Crippen LogP contribution in [0, 0.1) is 0 Å². The molecule has 0 unspecified atom stereocenters. The summed E-state index contributed by atoms with van der Waals surface area (Å²) in [6.45, 7) is 1.86. The molecule has 1 aromatic heterocycles. The molecule has 0 saturated heterocycles. The van der Waals surface area contributed by atoms with Gasteiger partial charge < -0.3 is 19.3 Å². The number of rotatable bonds is 7. The molecule has 0 spiro atoms. The van der Waals surface area contributed by atoms with Crippen LogP contribution in [-0.2, 0) is 9.53 Å². The van der Waals surface area contributed by atoms with Gasteiger partial charge in [0.25, 0.3) is 5.56 Å². The summed E-state index contributed by atoms with van der Waals surface area (Å²) in [6, 6.07) is 18.2. The molecule has 204 valence electrons. The van der Waals surface area contributed by atoms with E-state index in [2.05, 4.69) is 0 Å². The number of carbonyl (C=O) groups excluding carboxylic acids is 1. The first-order chi connectivity index (χ1) is 19.4. The second-order valence-corrected chi connectivity index (χ2v) is 10.2. The van der Waals surface area contributed by atoms with E-state index >= 15 is 0 Å². The van der Waals surface area contributed by atoms with E-state index in [9.17, 15) is 14.7 Å². The minimum absolute atomic E-state index is 0.0242. The first-order valence-corrected chi connectivity index (χ1v) is 13.5. The highest BCUT2D eigenvalue weighted by molar-refractivity contribution is 7.07. The quantitative estimate of drug-likeness (QED) is 0.329. The molecule has 3 aromatic carbocycles. The average Bonchev–Trinajstić information content (AvgIpc) is 3.28. The number of hydrogen-bond acceptors (Lipinski definition) is 8. The molecular weight excluding hydrogens is 552 g/mol. The number of ether oxygens (including phenoxy) is 3. The molecule has 40 heavy (non-hydrogen) atoms. The van der Waals surface area contributed by atoms with Crippen LogP contribution in [0.15, 0.2) is 82.1 Å². The van der Waals surface area contributed by atoms with Crippen LogP contribution in [0.2, 0.25) is 5.02 Å². The zero-order valence-electron chi connectivity index (χ0n) is 21.9. The smallest absolute Gasteiger partial charge is 0.338 e. The molecule has 8 nitrogen and oxygen atoms in total. The highest BCUT2D eigenvalue weighted by Gasteiger charge is 2.35. The fraction of sp³-hybridized carbons (Fsp3) is 0.167. The van der Waals surface area contributed by atoms with Crippen LogP contribution >= 0.6 is 22.9 Å². The summed E-state index contributed by atoms with van der Waals surface area (Å²) in [7, 11) is 3.05. The molecule has 10 heteroatoms. The molecule has 0 saturated carbocycles. The van der Waals surface area contributed by atoms with Crippen molar-refractivity contribution in [3.05, 3.63) is 114 Å². The Morgan fingerprint density at radius 3 is 2.52 bits per heavy atom. The predicted molar refractivity (Wildman–Crippen MR) is 154 cm³/mol. The lowest BCUT2D eigenvalue weighted by atomic mass is 9.93. The van der Waals surface area contributed by atoms with Gasteiger partial charge in [0.15, 0.2) is 16.3 Å². The van der Waals surface area contributed by atoms with Crippen molar-refractivity contribution < 1.29 is 24.1 Å². The van der Waals surface area contributed by atoms with Crippen LogP contribution in [-0.4, -0.2) is 36.5 Å². The maximum Gasteiger partial charge on any atom is 0.338 e. The van der Waals surface area contributed by atoms with Crippen LogP contribution in [0.3, 0.4) is 0 Å². The zero-order chi connectivity index (χ0) is 28.4. The predicted octanol–water partition coefficient (Wildman–Crippen LogP) is 4.31. The Hall–Kier alpha value is -4.34. The maximum absolute atomic E-state index is 14.0. The van der Waals surface area contributed by atoms with Gasteiger partial charge >= 0.3 is 5.97 Å². The van der Waals surface area contributed by atoms with Crippen molar-refractivity contribution in [3.8, 4) is 17.2 Å². The number of phenolic OH excluding ortho intramolecular Hbond substituents is 1. The largest absolute Gasteiger partial charge is 0.507 e. The highest BCUT2D eigenvalue weighted by atomic mass is 35.5. The fourth-order valence-corrected chi connectivity index (χ4v) is 5.73. The van der Waals surface area contributed by atoms with Gasteiger partial charge in [-0.25, -0.2) is 9.79 Å². The van der Waals surface area contributed by atoms with E-state index in [-0.39, 0.29) is 17.9 Å². The van der Waals surface area contributed by atoms with Crippen LogP contribution in [0.25, 0.3) is 11.8 Å². The summed E-state index contributed by atoms with van der Waals surface area (Å²) < 4.78 is 18.2. The van der Waals surface area contributed by atoms with E-state index in [4.69, 9.17) is 30.8 Å². The molecule has 0 bridgehead atoms. The van der Waals surface area contributed by atoms with Crippen LogP contribution in [0.5, 0.6) is 17.2 Å². The first-order valence-electron chi connectivity index (χ1n) is 12.3. The molecule has 5 rings (SSSR count). The molecule has 0 aliphatic carbocycles. The molecule has 4 aromatic rings. The third kappa shape index (κ3) is 5.01. The van der Waals surface area contributed by atoms with Gasteiger partial charge in [-0.3, -0.25) is 9.36 Å². The average molecular weight is 577 g/mol. The van der Waals surface area contributed by atoms with E-state index in [1.54, 1.807) is 43.3 Å². The molecule has 1 atom stereocenters. The Labute approximate surface area is 238 Å². The number of aromatic hydroxyl groups is 1. The second kappa shape index (κ2) is 11.4. The number of carbonyl (C=O) groups is 1. The Kier molecular flexibility index (Phi) is 7.77. The van der Waals surface area contributed by atoms with E-state index in [0.717, 1.165) is 11.3 Å². The van der Waals surface area contributed by atoms with Gasteiger partial charge in [-0.15, -0.1) is 0 Å². The SMILES string of the molecule is CCOC(=O)C1=C(c2ccccc2)N=c2s/c(=C\c3cc(Cl)ccc3O)c(=O)n2[C@H]1c1ccc(OC)c(OC)c1. The van der Waals surface area contributed by atoms with Gasteiger partial charge in [-0.05, 0) is 48.9 Å². The van der Waals surface area contributed by atoms with Gasteiger partial charge in [0.1, 0.15) is 5.75 Å². The summed E-state index contributed by atoms with van der Waals surface area (Å²) in [5, 5.41) is 10.8. The van der Waals surface area contributed by atoms with Gasteiger partial charge in [-0.1, -0.05) is 59.3 Å². The minimum Gasteiger partial charge on any atom is -0.507 e. The summed E-state index contributed by atoms with van der Waals surface area (Å²) in [6.07, 6.45) is 1.56. The Morgan fingerprint density at radius 1 is 1.07 bits per heavy atom. The van der Waals surface area contributed by atoms with Crippen molar-refractivity contribution in [3.63, 3.8) is 0 Å². The fourth-order valence-electron chi connectivity index (χ4n) is 4.56. The molecule has 1 N–H and O–H groups in total. The number of nitrogens with zero attached hydrogens (tertiary/aromatic N) is 2. The van der Waals surface area contributed by atoms with Gasteiger partial charge in [-0.2, -0.15) is 0 Å². The van der Waals surface area contributed by atoms with E-state index in [1.807, 2.05) is 30.3 Å². The number of halogens is 1. The first kappa shape index (κ1) is 27.2. The second-order valence-electron chi connectivity index (χ2n) is 8.75. The molecule has 0 radical (unpaired) electrons. The van der Waals surface area contributed by atoms with Crippen molar-refractivity contribution in [2.75, 3.05) is 20.8 Å². The van der Waals surface area contributed by atoms with Gasteiger partial charge in [0.2, 0.25) is 0 Å². The van der Waals surface area contributed by atoms with Crippen LogP contribution < -0.4 is 24.4 Å². The van der Waals surface area contributed by atoms with Gasteiger partial charge in [0, 0.05) is 16.1 Å². The number of phenols is 1. The third-order valence-electron chi connectivity index (χ3n) is 6.37. The lowest BCUT2D eigenvalue weighted by molar-refractivity contribution is -0.138. The summed E-state index contributed by atoms with van der Waals surface area (Å²) in [5.74, 6) is 0.322. The number of aromatic nitrogens is 1. The molecule has 0 amide bonds. The minimum atomic E-state index is -0.888. The maximum atomic E-state index is 14.0. The highest BCUT2D eigenvalue weighted by Crippen LogP contribution is 2.38.